The van der Waals surface area contributed by atoms with Crippen LogP contribution in [-0.2, 0) is 9.84 Å². The molecule has 86 valence electrons. The Morgan fingerprint density at radius 1 is 1.36 bits per heavy atom. The first-order valence-corrected chi connectivity index (χ1v) is 7.35. The van der Waals surface area contributed by atoms with Gasteiger partial charge in [0.15, 0.2) is 0 Å². The van der Waals surface area contributed by atoms with Crippen LogP contribution >= 0.6 is 11.6 Å². The number of halogens is 1. The number of hydrogen-bond donors (Lipinski definition) is 1. The van der Waals surface area contributed by atoms with Crippen LogP contribution < -0.4 is 5.32 Å². The molecule has 0 aliphatic carbocycles. The molecule has 0 heterocycles. The fourth-order valence-corrected chi connectivity index (χ4v) is 2.23. The highest BCUT2D eigenvalue weighted by molar-refractivity contribution is 7.90. The average molecular weight is 242 g/mol. The second kappa shape index (κ2) is 5.93. The first-order valence-electron chi connectivity index (χ1n) is 4.75. The summed E-state index contributed by atoms with van der Waals surface area (Å²) in [4.78, 5) is 0. The Morgan fingerprint density at radius 2 is 1.93 bits per heavy atom. The molecule has 0 atom stereocenters. The number of rotatable bonds is 7. The van der Waals surface area contributed by atoms with Crippen LogP contribution in [-0.4, -0.2) is 38.4 Å². The van der Waals surface area contributed by atoms with Gasteiger partial charge in [-0.3, -0.25) is 0 Å². The van der Waals surface area contributed by atoms with Gasteiger partial charge in [0.2, 0.25) is 0 Å². The summed E-state index contributed by atoms with van der Waals surface area (Å²) in [5, 5.41) is 3.28. The zero-order valence-corrected chi connectivity index (χ0v) is 10.7. The minimum absolute atomic E-state index is 0.000741. The predicted octanol–water partition coefficient (Wildman–Crippen LogP) is 1.42. The minimum atomic E-state index is -2.82. The van der Waals surface area contributed by atoms with Gasteiger partial charge in [-0.1, -0.05) is 0 Å². The second-order valence-corrected chi connectivity index (χ2v) is 6.87. The van der Waals surface area contributed by atoms with E-state index in [1.54, 1.807) is 0 Å². The van der Waals surface area contributed by atoms with Gasteiger partial charge in [0.1, 0.15) is 9.84 Å². The lowest BCUT2D eigenvalue weighted by Gasteiger charge is -2.25. The van der Waals surface area contributed by atoms with Crippen molar-refractivity contribution < 1.29 is 8.42 Å². The van der Waals surface area contributed by atoms with E-state index in [2.05, 4.69) is 19.2 Å². The van der Waals surface area contributed by atoms with Crippen LogP contribution in [0.2, 0.25) is 0 Å². The van der Waals surface area contributed by atoms with E-state index in [1.165, 1.54) is 6.26 Å². The molecule has 0 aromatic carbocycles. The first kappa shape index (κ1) is 14.2. The molecule has 0 unspecified atom stereocenters. The fourth-order valence-electron chi connectivity index (χ4n) is 1.09. The minimum Gasteiger partial charge on any atom is -0.312 e. The smallest absolute Gasteiger partial charge is 0.147 e. The fraction of sp³-hybridized carbons (Fsp3) is 1.00. The molecule has 0 saturated carbocycles. The Hall–Kier alpha value is 0.200. The van der Waals surface area contributed by atoms with Crippen molar-refractivity contribution in [2.24, 2.45) is 0 Å². The molecule has 5 heteroatoms. The van der Waals surface area contributed by atoms with Gasteiger partial charge in [-0.15, -0.1) is 11.6 Å². The van der Waals surface area contributed by atoms with E-state index in [9.17, 15) is 8.42 Å². The molecule has 0 saturated heterocycles. The molecule has 0 amide bonds. The van der Waals surface area contributed by atoms with E-state index in [1.807, 2.05) is 0 Å². The van der Waals surface area contributed by atoms with Gasteiger partial charge in [0.25, 0.3) is 0 Å². The van der Waals surface area contributed by atoms with Crippen molar-refractivity contribution >= 4 is 21.4 Å². The number of sulfone groups is 1. The summed E-state index contributed by atoms with van der Waals surface area (Å²) in [5.74, 6) is 0.864. The Balaban J connectivity index is 3.64. The maximum atomic E-state index is 10.8. The molecule has 0 aromatic heterocycles. The summed E-state index contributed by atoms with van der Waals surface area (Å²) < 4.78 is 21.7. The maximum Gasteiger partial charge on any atom is 0.147 e. The lowest BCUT2D eigenvalue weighted by atomic mass is 10.0. The lowest BCUT2D eigenvalue weighted by Crippen LogP contribution is -2.40. The van der Waals surface area contributed by atoms with Gasteiger partial charge in [0.05, 0.1) is 5.75 Å². The SMILES string of the molecule is CC(C)(CCCl)NCCCS(C)(=O)=O. The number of nitrogens with one attached hydrogen (secondary N) is 1. The van der Waals surface area contributed by atoms with Crippen molar-refractivity contribution in [3.05, 3.63) is 0 Å². The highest BCUT2D eigenvalue weighted by Gasteiger charge is 2.15. The van der Waals surface area contributed by atoms with Crippen LogP contribution in [0.1, 0.15) is 26.7 Å². The molecule has 0 aliphatic heterocycles. The van der Waals surface area contributed by atoms with Gasteiger partial charge in [-0.05, 0) is 33.2 Å². The Morgan fingerprint density at radius 3 is 2.36 bits per heavy atom. The Kier molecular flexibility index (Phi) is 6.02. The topological polar surface area (TPSA) is 46.2 Å². The molecule has 0 radical (unpaired) electrons. The first-order chi connectivity index (χ1) is 6.27. The van der Waals surface area contributed by atoms with Crippen molar-refractivity contribution in [2.45, 2.75) is 32.2 Å². The van der Waals surface area contributed by atoms with Gasteiger partial charge in [0, 0.05) is 17.7 Å². The third-order valence-electron chi connectivity index (χ3n) is 2.01. The molecule has 0 rings (SSSR count). The summed E-state index contributed by atoms with van der Waals surface area (Å²) >= 11 is 5.64. The van der Waals surface area contributed by atoms with Crippen molar-refractivity contribution in [1.82, 2.24) is 5.32 Å². The maximum absolute atomic E-state index is 10.8. The van der Waals surface area contributed by atoms with Crippen LogP contribution in [0, 0.1) is 0 Å². The molecule has 0 spiro atoms. The van der Waals surface area contributed by atoms with Gasteiger partial charge < -0.3 is 5.32 Å². The molecule has 1 N–H and O–H groups in total. The molecule has 0 aliphatic rings. The largest absolute Gasteiger partial charge is 0.312 e. The molecule has 14 heavy (non-hydrogen) atoms. The van der Waals surface area contributed by atoms with Crippen molar-refractivity contribution in [1.29, 1.82) is 0 Å². The summed E-state index contributed by atoms with van der Waals surface area (Å²) in [5.41, 5.74) is -0.000741. The predicted molar refractivity (Wildman–Crippen MR) is 61.7 cm³/mol. The van der Waals surface area contributed by atoms with Crippen LogP contribution in [0.25, 0.3) is 0 Å². The molecular weight excluding hydrogens is 222 g/mol. The van der Waals surface area contributed by atoms with Crippen molar-refractivity contribution in [3.63, 3.8) is 0 Å². The highest BCUT2D eigenvalue weighted by atomic mass is 35.5. The van der Waals surface area contributed by atoms with E-state index in [0.717, 1.165) is 13.0 Å². The van der Waals surface area contributed by atoms with Crippen LogP contribution in [0.15, 0.2) is 0 Å². The third kappa shape index (κ3) is 8.78. The molecule has 3 nitrogen and oxygen atoms in total. The van der Waals surface area contributed by atoms with E-state index in [4.69, 9.17) is 11.6 Å². The number of alkyl halides is 1. The van der Waals surface area contributed by atoms with Crippen LogP contribution in [0.5, 0.6) is 0 Å². The van der Waals surface area contributed by atoms with E-state index in [0.29, 0.717) is 12.3 Å². The normalized spacial score (nSPS) is 13.1. The Labute approximate surface area is 92.1 Å². The number of hydrogen-bond acceptors (Lipinski definition) is 3. The van der Waals surface area contributed by atoms with Crippen molar-refractivity contribution in [2.75, 3.05) is 24.4 Å². The Bertz CT molecular complexity index is 250. The summed E-state index contributed by atoms with van der Waals surface area (Å²) in [6.07, 6.45) is 2.80. The summed E-state index contributed by atoms with van der Waals surface area (Å²) in [6, 6.07) is 0. The van der Waals surface area contributed by atoms with Crippen LogP contribution in [0.3, 0.4) is 0 Å². The molecular formula is C9H20ClNO2S. The third-order valence-corrected chi connectivity index (χ3v) is 3.23. The molecule has 0 fully saturated rings. The summed E-state index contributed by atoms with van der Waals surface area (Å²) in [6.45, 7) is 4.85. The molecule has 0 bridgehead atoms. The molecule has 0 aromatic rings. The van der Waals surface area contributed by atoms with Gasteiger partial charge >= 0.3 is 0 Å². The van der Waals surface area contributed by atoms with E-state index in [-0.39, 0.29) is 11.3 Å². The quantitative estimate of drug-likeness (QED) is 0.542. The summed E-state index contributed by atoms with van der Waals surface area (Å²) in [7, 11) is -2.82. The lowest BCUT2D eigenvalue weighted by molar-refractivity contribution is 0.379. The van der Waals surface area contributed by atoms with Crippen molar-refractivity contribution in [3.8, 4) is 0 Å². The zero-order valence-electron chi connectivity index (χ0n) is 9.14. The van der Waals surface area contributed by atoms with Crippen LogP contribution in [0.4, 0.5) is 0 Å². The highest BCUT2D eigenvalue weighted by Crippen LogP contribution is 2.08. The standard InChI is InChI=1S/C9H20ClNO2S/c1-9(2,5-6-10)11-7-4-8-14(3,12)13/h11H,4-8H2,1-3H3. The van der Waals surface area contributed by atoms with Gasteiger partial charge in [-0.25, -0.2) is 8.42 Å². The van der Waals surface area contributed by atoms with E-state index < -0.39 is 9.84 Å². The monoisotopic (exact) mass is 241 g/mol. The zero-order chi connectivity index (χ0) is 11.2. The average Bonchev–Trinajstić information content (AvgIpc) is 1.96. The van der Waals surface area contributed by atoms with E-state index >= 15 is 0 Å². The second-order valence-electron chi connectivity index (χ2n) is 4.23. The van der Waals surface area contributed by atoms with Gasteiger partial charge in [-0.2, -0.15) is 0 Å².